The maximum atomic E-state index is 5.58. The van der Waals surface area contributed by atoms with Crippen LogP contribution in [0.4, 0.5) is 0 Å². The molecule has 0 bridgehead atoms. The summed E-state index contributed by atoms with van der Waals surface area (Å²) in [5, 5.41) is 26.3. The molecule has 0 aliphatic rings. The molecule has 0 fully saturated rings. The van der Waals surface area contributed by atoms with Crippen molar-refractivity contribution in [1.29, 1.82) is 0 Å². The molecule has 138 heavy (non-hydrogen) atoms. The third-order valence-electron chi connectivity index (χ3n) is 28.4. The summed E-state index contributed by atoms with van der Waals surface area (Å²) in [5.41, 5.74) is 28.6. The highest BCUT2D eigenvalue weighted by Crippen LogP contribution is 2.49. The fourth-order valence-electron chi connectivity index (χ4n) is 22.0. The molecule has 0 saturated heterocycles. The lowest BCUT2D eigenvalue weighted by molar-refractivity contribution is 1.17. The molecule has 29 aromatic rings. The monoisotopic (exact) mass is 1750 g/mol. The minimum Gasteiger partial charge on any atom is -0.309 e. The van der Waals surface area contributed by atoms with Crippen molar-refractivity contribution in [1.82, 2.24) is 38.2 Å². The molecule has 0 aliphatic heterocycles. The Kier molecular flexibility index (Phi) is 17.9. The van der Waals surface area contributed by atoms with Gasteiger partial charge in [0.05, 0.1) is 83.6 Å². The number of fused-ring (bicyclic) bond motifs is 20. The standard InChI is InChI=1S/C68H42N4.C62H38N4/c1-3-18-43(19-4-1)49-36-50(44-20-5-2-6-21-44)38-51(37-49)68-69-59-30-15-13-29-56(59)67(70-68)55-34-35-61(53-27-12-11-26-52(53)55)72-63-33-17-32-62(66(63)58-40-46-23-8-10-25-48(46)42-65(58)72)71-60-31-16-14-28-54(60)57-39-45-22-7-9-24-47(45)41-64(57)71;1-2-13-39(14-3-1)40-25-27-41(28-26-40)62-63-54-21-10-8-20-51(54)61(64-62)48-30-29-47-34-49(32-31-46(47)33-48)65-56-23-12-24-57(60(56)53-36-43-16-5-7-18-45(43)38-59(53)65)66-55-22-11-9-19-50(55)52-35-42-15-4-6-17-44(42)37-58(52)66/h1-42H;1-38H. The number of aromatic nitrogens is 8. The van der Waals surface area contributed by atoms with Gasteiger partial charge in [-0.05, 0) is 232 Å². The van der Waals surface area contributed by atoms with E-state index in [4.69, 9.17) is 19.9 Å². The second-order valence-electron chi connectivity index (χ2n) is 36.3. The molecule has 29 rings (SSSR count). The van der Waals surface area contributed by atoms with Crippen LogP contribution in [0.15, 0.2) is 485 Å². The Morgan fingerprint density at radius 2 is 0.486 bits per heavy atom. The second kappa shape index (κ2) is 31.6. The van der Waals surface area contributed by atoms with Crippen LogP contribution in [0.2, 0.25) is 0 Å². The van der Waals surface area contributed by atoms with E-state index in [0.29, 0.717) is 11.6 Å². The second-order valence-corrected chi connectivity index (χ2v) is 36.3. The molecular formula is C130H80N8. The van der Waals surface area contributed by atoms with Crippen molar-refractivity contribution in [3.05, 3.63) is 485 Å². The molecule has 0 spiro atoms. The number of hydrogen-bond donors (Lipinski definition) is 0. The Bertz CT molecular complexity index is 10000. The zero-order valence-electron chi connectivity index (χ0n) is 74.8. The third kappa shape index (κ3) is 12.8. The molecule has 0 amide bonds. The summed E-state index contributed by atoms with van der Waals surface area (Å²) in [6.07, 6.45) is 0. The van der Waals surface area contributed by atoms with E-state index in [2.05, 4.69) is 498 Å². The maximum Gasteiger partial charge on any atom is 0.160 e. The van der Waals surface area contributed by atoms with E-state index >= 15 is 0 Å². The van der Waals surface area contributed by atoms with Crippen LogP contribution in [-0.4, -0.2) is 38.2 Å². The van der Waals surface area contributed by atoms with Crippen LogP contribution < -0.4 is 0 Å². The predicted molar refractivity (Wildman–Crippen MR) is 580 cm³/mol. The zero-order chi connectivity index (χ0) is 90.6. The Balaban J connectivity index is 0.000000137. The lowest BCUT2D eigenvalue weighted by Gasteiger charge is -2.17. The first-order valence-electron chi connectivity index (χ1n) is 47.2. The van der Waals surface area contributed by atoms with Gasteiger partial charge in [-0.15, -0.1) is 0 Å². The van der Waals surface area contributed by atoms with E-state index in [0.717, 1.165) is 133 Å². The Morgan fingerprint density at radius 1 is 0.145 bits per heavy atom. The molecule has 6 heterocycles. The lowest BCUT2D eigenvalue weighted by Crippen LogP contribution is -1.99. The van der Waals surface area contributed by atoms with Crippen LogP contribution in [0.3, 0.4) is 0 Å². The Hall–Kier alpha value is -18.5. The zero-order valence-corrected chi connectivity index (χ0v) is 74.8. The Labute approximate surface area is 793 Å². The minimum absolute atomic E-state index is 0.687. The summed E-state index contributed by atoms with van der Waals surface area (Å²) in [5.74, 6) is 1.40. The fraction of sp³-hybridized carbons (Fsp3) is 0. The maximum absolute atomic E-state index is 5.58. The Morgan fingerprint density at radius 3 is 1.01 bits per heavy atom. The van der Waals surface area contributed by atoms with Gasteiger partial charge in [-0.25, -0.2) is 19.9 Å². The van der Waals surface area contributed by atoms with E-state index in [1.807, 2.05) is 6.07 Å². The van der Waals surface area contributed by atoms with E-state index in [1.165, 1.54) is 131 Å². The predicted octanol–water partition coefficient (Wildman–Crippen LogP) is 34.2. The number of rotatable bonds is 11. The molecule has 23 aromatic carbocycles. The van der Waals surface area contributed by atoms with E-state index in [1.54, 1.807) is 0 Å². The molecule has 8 nitrogen and oxygen atoms in total. The molecule has 6 aromatic heterocycles. The largest absolute Gasteiger partial charge is 0.309 e. The quantitative estimate of drug-likeness (QED) is 0.129. The minimum atomic E-state index is 0.687. The van der Waals surface area contributed by atoms with Gasteiger partial charge < -0.3 is 18.3 Å². The third-order valence-corrected chi connectivity index (χ3v) is 28.4. The molecule has 0 unspecified atom stereocenters. The molecule has 0 N–H and O–H groups in total. The van der Waals surface area contributed by atoms with Crippen LogP contribution >= 0.6 is 0 Å². The fourth-order valence-corrected chi connectivity index (χ4v) is 22.0. The first kappa shape index (κ1) is 78.2. The van der Waals surface area contributed by atoms with Crippen molar-refractivity contribution in [3.8, 4) is 101 Å². The summed E-state index contributed by atoms with van der Waals surface area (Å²) in [6.45, 7) is 0. The highest BCUT2D eigenvalue weighted by Gasteiger charge is 2.27. The van der Waals surface area contributed by atoms with E-state index in [-0.39, 0.29) is 0 Å². The van der Waals surface area contributed by atoms with Crippen LogP contribution in [-0.2, 0) is 0 Å². The van der Waals surface area contributed by atoms with Crippen molar-refractivity contribution < 1.29 is 0 Å². The van der Waals surface area contributed by atoms with Gasteiger partial charge >= 0.3 is 0 Å². The summed E-state index contributed by atoms with van der Waals surface area (Å²) in [4.78, 5) is 21.2. The van der Waals surface area contributed by atoms with Crippen LogP contribution in [0, 0.1) is 0 Å². The highest BCUT2D eigenvalue weighted by atomic mass is 15.0. The van der Waals surface area contributed by atoms with Gasteiger partial charge in [0, 0.05) is 87.2 Å². The lowest BCUT2D eigenvalue weighted by atomic mass is 9.95. The van der Waals surface area contributed by atoms with Gasteiger partial charge in [-0.3, -0.25) is 0 Å². The van der Waals surface area contributed by atoms with Crippen LogP contribution in [0.1, 0.15) is 0 Å². The average Bonchev–Trinajstić information content (AvgIpc) is 1.55. The summed E-state index contributed by atoms with van der Waals surface area (Å²) >= 11 is 0. The first-order chi connectivity index (χ1) is 68.4. The highest BCUT2D eigenvalue weighted by molar-refractivity contribution is 6.23. The van der Waals surface area contributed by atoms with Crippen molar-refractivity contribution >= 4 is 174 Å². The van der Waals surface area contributed by atoms with E-state index < -0.39 is 0 Å². The van der Waals surface area contributed by atoms with Crippen molar-refractivity contribution in [2.24, 2.45) is 0 Å². The number of hydrogen-bond acceptors (Lipinski definition) is 4. The van der Waals surface area contributed by atoms with Gasteiger partial charge in [0.15, 0.2) is 11.6 Å². The summed E-state index contributed by atoms with van der Waals surface area (Å²) < 4.78 is 9.95. The normalized spacial score (nSPS) is 11.9. The first-order valence-corrected chi connectivity index (χ1v) is 47.2. The number of para-hydroxylation sites is 4. The van der Waals surface area contributed by atoms with Crippen molar-refractivity contribution in [2.45, 2.75) is 0 Å². The molecule has 0 aliphatic carbocycles. The molecule has 0 atom stereocenters. The smallest absolute Gasteiger partial charge is 0.160 e. The van der Waals surface area contributed by atoms with Crippen LogP contribution in [0.5, 0.6) is 0 Å². The molecule has 0 saturated carbocycles. The van der Waals surface area contributed by atoms with Crippen molar-refractivity contribution in [2.75, 3.05) is 0 Å². The summed E-state index contributed by atoms with van der Waals surface area (Å²) in [6, 6.07) is 176. The SMILES string of the molecule is c1ccc(-c2cc(-c3ccccc3)cc(-c3nc(-c4ccc(-n5c6cc7ccccc7cc6c6c(-n7c8ccccc8c8cc9ccccc9cc87)cccc65)c5ccccc45)c4ccccc4n3)c2)cc1.c1ccc(-c2ccc(-c3nc(-c4ccc5cc(-n6c7cc8ccccc8cc7c7c(-n8c9ccccc9c9cc%10ccccc%10cc98)cccc76)ccc5c4)c4ccccc4n3)cc2)cc1. The number of nitrogens with zero attached hydrogens (tertiary/aromatic N) is 8. The number of benzene rings is 23. The molecular weight excluding hydrogens is 1670 g/mol. The molecule has 640 valence electrons. The average molecular weight is 1750 g/mol. The van der Waals surface area contributed by atoms with Gasteiger partial charge in [-0.2, -0.15) is 0 Å². The molecule has 0 radical (unpaired) electrons. The van der Waals surface area contributed by atoms with Gasteiger partial charge in [0.25, 0.3) is 0 Å². The van der Waals surface area contributed by atoms with E-state index in [9.17, 15) is 0 Å². The van der Waals surface area contributed by atoms with Gasteiger partial charge in [-0.1, -0.05) is 346 Å². The molecule has 8 heteroatoms. The summed E-state index contributed by atoms with van der Waals surface area (Å²) in [7, 11) is 0. The van der Waals surface area contributed by atoms with Gasteiger partial charge in [0.1, 0.15) is 0 Å². The topological polar surface area (TPSA) is 71.3 Å². The van der Waals surface area contributed by atoms with Crippen molar-refractivity contribution in [3.63, 3.8) is 0 Å². The van der Waals surface area contributed by atoms with Crippen LogP contribution in [0.25, 0.3) is 275 Å². The van der Waals surface area contributed by atoms with Gasteiger partial charge in [0.2, 0.25) is 0 Å².